The maximum atomic E-state index is 3.75. The molecular formula is C5H9N4S2. The largest absolute Gasteiger partial charge is 0.234 e. The molecule has 0 bridgehead atoms. The summed E-state index contributed by atoms with van der Waals surface area (Å²) in [6.45, 7) is 2.10. The highest BCUT2D eigenvalue weighted by Gasteiger charge is 2.03. The van der Waals surface area contributed by atoms with E-state index >= 15 is 0 Å². The van der Waals surface area contributed by atoms with E-state index in [9.17, 15) is 0 Å². The Bertz CT molecular complexity index is 188. The van der Waals surface area contributed by atoms with Gasteiger partial charge in [0.15, 0.2) is 0 Å². The Balaban J connectivity index is 2.23. The van der Waals surface area contributed by atoms with Gasteiger partial charge in [0.2, 0.25) is 5.16 Å². The van der Waals surface area contributed by atoms with Crippen LogP contribution in [0.5, 0.6) is 0 Å². The van der Waals surface area contributed by atoms with E-state index < -0.39 is 0 Å². The van der Waals surface area contributed by atoms with Crippen molar-refractivity contribution in [1.82, 2.24) is 20.6 Å². The highest BCUT2D eigenvalue weighted by molar-refractivity contribution is 8.04. The third kappa shape index (κ3) is 3.11. The molecule has 0 saturated carbocycles. The first-order chi connectivity index (χ1) is 5.33. The van der Waals surface area contributed by atoms with Crippen molar-refractivity contribution >= 4 is 23.5 Å². The highest BCUT2D eigenvalue weighted by Crippen LogP contribution is 2.22. The summed E-state index contributed by atoms with van der Waals surface area (Å²) in [4.78, 5) is 0. The van der Waals surface area contributed by atoms with Crippen molar-refractivity contribution < 1.29 is 0 Å². The van der Waals surface area contributed by atoms with Crippen LogP contribution in [0, 0.1) is 5.25 Å². The van der Waals surface area contributed by atoms with Gasteiger partial charge in [-0.05, 0) is 23.6 Å². The minimum atomic E-state index is 0.776. The van der Waals surface area contributed by atoms with Crippen molar-refractivity contribution in [2.75, 3.05) is 12.0 Å². The fourth-order valence-electron chi connectivity index (χ4n) is 0.441. The Morgan fingerprint density at radius 2 is 2.45 bits per heavy atom. The number of hydrogen-bond donors (Lipinski definition) is 1. The second-order valence-corrected chi connectivity index (χ2v) is 3.97. The van der Waals surface area contributed by atoms with Gasteiger partial charge in [-0.3, -0.25) is 0 Å². The van der Waals surface area contributed by atoms with Gasteiger partial charge in [0, 0.05) is 11.0 Å². The van der Waals surface area contributed by atoms with Crippen molar-refractivity contribution in [1.29, 1.82) is 0 Å². The second-order valence-electron chi connectivity index (χ2n) is 1.90. The molecule has 0 aliphatic rings. The molecule has 0 unspecified atom stereocenters. The summed E-state index contributed by atoms with van der Waals surface area (Å²) in [5.41, 5.74) is 0. The summed E-state index contributed by atoms with van der Waals surface area (Å²) in [6, 6.07) is 0. The number of aromatic nitrogens is 4. The number of nitrogens with zero attached hydrogens (tertiary/aromatic N) is 3. The molecule has 1 radical (unpaired) electrons. The zero-order valence-corrected chi connectivity index (χ0v) is 8.00. The standard InChI is InChI=1S/C5H9N4S2/c1-4(10-2)3-11-5-6-8-9-7-5/h3H2,1-2H3,(H,6,7,8,9). The number of tetrazole rings is 1. The Morgan fingerprint density at radius 1 is 1.64 bits per heavy atom. The number of thioether (sulfide) groups is 2. The average molecular weight is 189 g/mol. The molecule has 6 heteroatoms. The van der Waals surface area contributed by atoms with Crippen LogP contribution < -0.4 is 0 Å². The molecule has 0 saturated heterocycles. The van der Waals surface area contributed by atoms with Gasteiger partial charge in [-0.15, -0.1) is 5.10 Å². The molecule has 1 aromatic rings. The summed E-state index contributed by atoms with van der Waals surface area (Å²) in [7, 11) is 0. The van der Waals surface area contributed by atoms with Gasteiger partial charge in [-0.2, -0.15) is 11.8 Å². The molecule has 1 N–H and O–H groups in total. The molecule has 1 rings (SSSR count). The molecule has 0 fully saturated rings. The van der Waals surface area contributed by atoms with Crippen LogP contribution in [0.15, 0.2) is 5.16 Å². The van der Waals surface area contributed by atoms with Crippen LogP contribution in [-0.4, -0.2) is 32.6 Å². The van der Waals surface area contributed by atoms with Gasteiger partial charge in [0.1, 0.15) is 0 Å². The smallest absolute Gasteiger partial charge is 0.206 e. The van der Waals surface area contributed by atoms with E-state index in [4.69, 9.17) is 0 Å². The van der Waals surface area contributed by atoms with Crippen LogP contribution in [0.1, 0.15) is 6.92 Å². The lowest BCUT2D eigenvalue weighted by Gasteiger charge is -2.02. The van der Waals surface area contributed by atoms with Crippen LogP contribution >= 0.6 is 23.5 Å². The monoisotopic (exact) mass is 189 g/mol. The normalized spacial score (nSPS) is 10.8. The van der Waals surface area contributed by atoms with E-state index in [0.29, 0.717) is 0 Å². The summed E-state index contributed by atoms with van der Waals surface area (Å²) < 4.78 is 0. The minimum absolute atomic E-state index is 0.776. The molecule has 11 heavy (non-hydrogen) atoms. The SMILES string of the molecule is CS[C](C)CSc1nnn[nH]1. The Morgan fingerprint density at radius 3 is 3.00 bits per heavy atom. The zero-order valence-electron chi connectivity index (χ0n) is 6.37. The molecule has 0 aliphatic carbocycles. The molecule has 0 aliphatic heterocycles. The lowest BCUT2D eigenvalue weighted by atomic mass is 10.6. The van der Waals surface area contributed by atoms with Crippen molar-refractivity contribution in [2.24, 2.45) is 0 Å². The molecule has 0 amide bonds. The fraction of sp³-hybridized carbons (Fsp3) is 0.600. The maximum absolute atomic E-state index is 3.75. The first-order valence-corrected chi connectivity index (χ1v) is 5.27. The van der Waals surface area contributed by atoms with E-state index in [1.807, 2.05) is 0 Å². The zero-order chi connectivity index (χ0) is 8.10. The fourth-order valence-corrected chi connectivity index (χ4v) is 1.63. The van der Waals surface area contributed by atoms with Gasteiger partial charge in [0.05, 0.1) is 0 Å². The maximum Gasteiger partial charge on any atom is 0.206 e. The number of hydrogen-bond acceptors (Lipinski definition) is 5. The quantitative estimate of drug-likeness (QED) is 0.721. The third-order valence-corrected chi connectivity index (χ3v) is 3.13. The molecule has 1 aromatic heterocycles. The van der Waals surface area contributed by atoms with E-state index in [2.05, 4.69) is 33.8 Å². The topological polar surface area (TPSA) is 54.5 Å². The molecular weight excluding hydrogens is 180 g/mol. The number of nitrogens with one attached hydrogen (secondary N) is 1. The average Bonchev–Trinajstić information content (AvgIpc) is 2.52. The van der Waals surface area contributed by atoms with Gasteiger partial charge >= 0.3 is 0 Å². The van der Waals surface area contributed by atoms with Crippen molar-refractivity contribution in [3.63, 3.8) is 0 Å². The van der Waals surface area contributed by atoms with Gasteiger partial charge in [0.25, 0.3) is 0 Å². The molecule has 0 spiro atoms. The van der Waals surface area contributed by atoms with Gasteiger partial charge in [-0.1, -0.05) is 11.8 Å². The van der Waals surface area contributed by atoms with E-state index in [1.165, 1.54) is 5.25 Å². The Hall–Kier alpha value is -0.230. The van der Waals surface area contributed by atoms with E-state index in [1.54, 1.807) is 23.5 Å². The van der Waals surface area contributed by atoms with Gasteiger partial charge in [-0.25, -0.2) is 5.10 Å². The van der Waals surface area contributed by atoms with Crippen molar-refractivity contribution in [3.8, 4) is 0 Å². The third-order valence-electron chi connectivity index (χ3n) is 1.09. The molecule has 1 heterocycles. The number of H-pyrrole nitrogens is 1. The lowest BCUT2D eigenvalue weighted by molar-refractivity contribution is 0.881. The predicted octanol–water partition coefficient (Wildman–Crippen LogP) is 1.21. The van der Waals surface area contributed by atoms with Gasteiger partial charge < -0.3 is 0 Å². The number of rotatable bonds is 4. The van der Waals surface area contributed by atoms with Crippen LogP contribution in [0.2, 0.25) is 0 Å². The summed E-state index contributed by atoms with van der Waals surface area (Å²) >= 11 is 3.37. The first-order valence-electron chi connectivity index (χ1n) is 3.06. The van der Waals surface area contributed by atoms with Crippen LogP contribution in [-0.2, 0) is 0 Å². The van der Waals surface area contributed by atoms with Crippen LogP contribution in [0.3, 0.4) is 0 Å². The first kappa shape index (κ1) is 8.86. The van der Waals surface area contributed by atoms with E-state index in [-0.39, 0.29) is 0 Å². The summed E-state index contributed by atoms with van der Waals surface area (Å²) in [6.07, 6.45) is 2.06. The van der Waals surface area contributed by atoms with E-state index in [0.717, 1.165) is 10.9 Å². The number of aromatic amines is 1. The van der Waals surface area contributed by atoms with Crippen LogP contribution in [0.4, 0.5) is 0 Å². The summed E-state index contributed by atoms with van der Waals surface area (Å²) in [5.74, 6) is 0.956. The highest BCUT2D eigenvalue weighted by atomic mass is 32.2. The Kier molecular flexibility index (Phi) is 3.71. The molecule has 0 atom stereocenters. The molecule has 4 nitrogen and oxygen atoms in total. The van der Waals surface area contributed by atoms with Crippen molar-refractivity contribution in [2.45, 2.75) is 12.1 Å². The molecule has 0 aromatic carbocycles. The Labute approximate surface area is 73.9 Å². The summed E-state index contributed by atoms with van der Waals surface area (Å²) in [5, 5.41) is 15.5. The van der Waals surface area contributed by atoms with Crippen LogP contribution in [0.25, 0.3) is 0 Å². The minimum Gasteiger partial charge on any atom is -0.234 e. The second kappa shape index (κ2) is 4.61. The lowest BCUT2D eigenvalue weighted by Crippen LogP contribution is -1.88. The molecule has 61 valence electrons. The predicted molar refractivity (Wildman–Crippen MR) is 47.3 cm³/mol. The van der Waals surface area contributed by atoms with Crippen molar-refractivity contribution in [3.05, 3.63) is 5.25 Å².